The summed E-state index contributed by atoms with van der Waals surface area (Å²) in [6.07, 6.45) is 0. The van der Waals surface area contributed by atoms with Gasteiger partial charge < -0.3 is 0 Å². The minimum atomic E-state index is -3.72. The molecule has 0 amide bonds. The van der Waals surface area contributed by atoms with Gasteiger partial charge in [0, 0.05) is 11.0 Å². The second-order valence-corrected chi connectivity index (χ2v) is 6.53. The molecule has 1 aromatic rings. The minimum absolute atomic E-state index is 0.0733. The molecule has 1 aromatic carbocycles. The highest BCUT2D eigenvalue weighted by Gasteiger charge is 2.20. The number of benzene rings is 1. The van der Waals surface area contributed by atoms with Gasteiger partial charge in [-0.15, -0.1) is 0 Å². The van der Waals surface area contributed by atoms with Gasteiger partial charge in [-0.3, -0.25) is 0 Å². The Balaban J connectivity index is 3.12. The monoisotopic (exact) mass is 343 g/mol. The summed E-state index contributed by atoms with van der Waals surface area (Å²) in [6.45, 7) is 3.59. The molecule has 0 radical (unpaired) electrons. The van der Waals surface area contributed by atoms with Crippen LogP contribution >= 0.6 is 39.1 Å². The van der Waals surface area contributed by atoms with Gasteiger partial charge in [-0.25, -0.2) is 13.1 Å². The Labute approximate surface area is 113 Å². The number of sulfonamides is 1. The largest absolute Gasteiger partial charge is 0.243 e. The second-order valence-electron chi connectivity index (χ2n) is 2.89. The molecule has 7 heteroatoms. The van der Waals surface area contributed by atoms with E-state index in [2.05, 4.69) is 27.2 Å². The molecule has 0 saturated carbocycles. The van der Waals surface area contributed by atoms with E-state index in [1.54, 1.807) is 6.07 Å². The van der Waals surface area contributed by atoms with Gasteiger partial charge >= 0.3 is 0 Å². The Hall–Kier alpha value is -0.0700. The van der Waals surface area contributed by atoms with Gasteiger partial charge in [0.25, 0.3) is 0 Å². The van der Waals surface area contributed by atoms with Gasteiger partial charge in [-0.1, -0.05) is 51.8 Å². The smallest absolute Gasteiger partial charge is 0.207 e. The van der Waals surface area contributed by atoms with Crippen molar-refractivity contribution in [3.05, 3.63) is 39.3 Å². The predicted molar refractivity (Wildman–Crippen MR) is 69.7 cm³/mol. The zero-order valence-electron chi connectivity index (χ0n) is 8.00. The highest BCUT2D eigenvalue weighted by molar-refractivity contribution is 9.11. The number of nitrogens with one attached hydrogen (secondary N) is 1. The van der Waals surface area contributed by atoms with Crippen molar-refractivity contribution >= 4 is 49.2 Å². The van der Waals surface area contributed by atoms with Gasteiger partial charge in [0.15, 0.2) is 0 Å². The van der Waals surface area contributed by atoms with Crippen LogP contribution in [0.25, 0.3) is 0 Å². The van der Waals surface area contributed by atoms with Crippen molar-refractivity contribution in [3.8, 4) is 0 Å². The van der Waals surface area contributed by atoms with E-state index >= 15 is 0 Å². The lowest BCUT2D eigenvalue weighted by Crippen LogP contribution is -2.25. The first-order chi connectivity index (χ1) is 7.34. The third-order valence-electron chi connectivity index (χ3n) is 1.64. The SMILES string of the molecule is C=C(Br)CNS(=O)(=O)c1c(Cl)cccc1Cl. The standard InChI is InChI=1S/C9H8BrCl2NO2S/c1-6(10)5-13-16(14,15)9-7(11)3-2-4-8(9)12/h2-4,13H,1,5H2. The highest BCUT2D eigenvalue weighted by Crippen LogP contribution is 2.28. The van der Waals surface area contributed by atoms with E-state index in [0.717, 1.165) is 0 Å². The quantitative estimate of drug-likeness (QED) is 0.911. The van der Waals surface area contributed by atoms with Crippen LogP contribution in [0.4, 0.5) is 0 Å². The van der Waals surface area contributed by atoms with E-state index in [-0.39, 0.29) is 21.5 Å². The molecule has 0 saturated heterocycles. The molecule has 0 aliphatic rings. The molecular weight excluding hydrogens is 337 g/mol. The molecule has 0 aromatic heterocycles. The molecule has 0 fully saturated rings. The van der Waals surface area contributed by atoms with Gasteiger partial charge in [0.1, 0.15) is 4.90 Å². The molecular formula is C9H8BrCl2NO2S. The van der Waals surface area contributed by atoms with E-state index in [1.807, 2.05) is 0 Å². The third kappa shape index (κ3) is 3.46. The Morgan fingerprint density at radius 3 is 2.31 bits per heavy atom. The number of hydrogen-bond donors (Lipinski definition) is 1. The summed E-state index contributed by atoms with van der Waals surface area (Å²) in [5.41, 5.74) is 0. The Morgan fingerprint density at radius 1 is 1.38 bits per heavy atom. The van der Waals surface area contributed by atoms with Gasteiger partial charge in [-0.2, -0.15) is 0 Å². The van der Waals surface area contributed by atoms with Crippen LogP contribution in [0.5, 0.6) is 0 Å². The van der Waals surface area contributed by atoms with Crippen molar-refractivity contribution in [1.82, 2.24) is 4.72 Å². The summed E-state index contributed by atoms with van der Waals surface area (Å²) >= 11 is 14.6. The molecule has 1 rings (SSSR count). The van der Waals surface area contributed by atoms with E-state index in [9.17, 15) is 8.42 Å². The maximum absolute atomic E-state index is 11.8. The van der Waals surface area contributed by atoms with Crippen LogP contribution in [0.1, 0.15) is 0 Å². The number of rotatable bonds is 4. The maximum Gasteiger partial charge on any atom is 0.243 e. The van der Waals surface area contributed by atoms with Crippen LogP contribution in [0.15, 0.2) is 34.2 Å². The third-order valence-corrected chi connectivity index (χ3v) is 4.28. The van der Waals surface area contributed by atoms with E-state index in [1.165, 1.54) is 12.1 Å². The summed E-state index contributed by atoms with van der Waals surface area (Å²) in [5, 5.41) is 0.167. The molecule has 0 aliphatic heterocycles. The summed E-state index contributed by atoms with van der Waals surface area (Å²) in [4.78, 5) is -0.118. The van der Waals surface area contributed by atoms with Crippen LogP contribution in [0, 0.1) is 0 Å². The molecule has 88 valence electrons. The normalized spacial score (nSPS) is 11.4. The zero-order chi connectivity index (χ0) is 12.3. The summed E-state index contributed by atoms with van der Waals surface area (Å²) in [5.74, 6) is 0. The summed E-state index contributed by atoms with van der Waals surface area (Å²) in [6, 6.07) is 4.50. The van der Waals surface area contributed by atoms with E-state index in [0.29, 0.717) is 4.48 Å². The van der Waals surface area contributed by atoms with Crippen LogP contribution in [0.2, 0.25) is 10.0 Å². The number of halogens is 3. The first-order valence-electron chi connectivity index (χ1n) is 4.11. The molecule has 0 heterocycles. The average molecular weight is 345 g/mol. The predicted octanol–water partition coefficient (Wildman–Crippen LogP) is 3.18. The van der Waals surface area contributed by atoms with Crippen LogP contribution in [0.3, 0.4) is 0 Å². The summed E-state index contributed by atoms with van der Waals surface area (Å²) in [7, 11) is -3.72. The fourth-order valence-corrected chi connectivity index (χ4v) is 3.48. The van der Waals surface area contributed by atoms with Gasteiger partial charge in [0.05, 0.1) is 10.0 Å². The zero-order valence-corrected chi connectivity index (χ0v) is 11.9. The van der Waals surface area contributed by atoms with Crippen molar-refractivity contribution < 1.29 is 8.42 Å². The van der Waals surface area contributed by atoms with Gasteiger partial charge in [-0.05, 0) is 12.1 Å². The molecule has 16 heavy (non-hydrogen) atoms. The minimum Gasteiger partial charge on any atom is -0.207 e. The molecule has 0 atom stereocenters. The average Bonchev–Trinajstić information content (AvgIpc) is 2.14. The fraction of sp³-hybridized carbons (Fsp3) is 0.111. The van der Waals surface area contributed by atoms with E-state index in [4.69, 9.17) is 23.2 Å². The van der Waals surface area contributed by atoms with Crippen LogP contribution in [-0.4, -0.2) is 15.0 Å². The van der Waals surface area contributed by atoms with Gasteiger partial charge in [0.2, 0.25) is 10.0 Å². The highest BCUT2D eigenvalue weighted by atomic mass is 79.9. The molecule has 0 unspecified atom stereocenters. The first-order valence-corrected chi connectivity index (χ1v) is 7.15. The van der Waals surface area contributed by atoms with Crippen molar-refractivity contribution in [3.63, 3.8) is 0 Å². The fourth-order valence-electron chi connectivity index (χ4n) is 0.985. The second kappa shape index (κ2) is 5.51. The van der Waals surface area contributed by atoms with Crippen LogP contribution < -0.4 is 4.72 Å². The number of hydrogen-bond acceptors (Lipinski definition) is 2. The lowest BCUT2D eigenvalue weighted by molar-refractivity contribution is 0.585. The molecule has 0 bridgehead atoms. The molecule has 1 N–H and O–H groups in total. The topological polar surface area (TPSA) is 46.2 Å². The molecule has 0 aliphatic carbocycles. The van der Waals surface area contributed by atoms with Crippen molar-refractivity contribution in [2.75, 3.05) is 6.54 Å². The molecule has 0 spiro atoms. The maximum atomic E-state index is 11.8. The van der Waals surface area contributed by atoms with E-state index < -0.39 is 10.0 Å². The van der Waals surface area contributed by atoms with Crippen molar-refractivity contribution in [1.29, 1.82) is 0 Å². The lowest BCUT2D eigenvalue weighted by atomic mass is 10.4. The van der Waals surface area contributed by atoms with Crippen molar-refractivity contribution in [2.45, 2.75) is 4.90 Å². The summed E-state index contributed by atoms with van der Waals surface area (Å²) < 4.78 is 26.5. The Bertz CT molecular complexity index is 496. The molecule has 3 nitrogen and oxygen atoms in total. The van der Waals surface area contributed by atoms with Crippen molar-refractivity contribution in [2.24, 2.45) is 0 Å². The lowest BCUT2D eigenvalue weighted by Gasteiger charge is -2.09. The Kier molecular flexibility index (Phi) is 4.82. The van der Waals surface area contributed by atoms with Crippen LogP contribution in [-0.2, 0) is 10.0 Å². The first kappa shape index (κ1) is 14.0. The Morgan fingerprint density at radius 2 is 1.88 bits per heavy atom.